The molecule has 4 heteroatoms. The number of hydrogen-bond acceptors (Lipinski definition) is 3. The van der Waals surface area contributed by atoms with Crippen LogP contribution in [0.25, 0.3) is 22.0 Å². The van der Waals surface area contributed by atoms with Crippen molar-refractivity contribution in [3.05, 3.63) is 89.6 Å². The Morgan fingerprint density at radius 2 is 1.50 bits per heavy atom. The largest absolute Gasteiger partial charge is 0.881 e. The first-order valence-electron chi connectivity index (χ1n) is 9.28. The molecule has 0 unspecified atom stereocenters. The third-order valence-electron chi connectivity index (χ3n) is 4.57. The van der Waals surface area contributed by atoms with Crippen LogP contribution in [0, 0.1) is 20.8 Å². The van der Waals surface area contributed by atoms with E-state index >= 15 is 0 Å². The molecule has 0 N–H and O–H groups in total. The van der Waals surface area contributed by atoms with Gasteiger partial charge in [0.1, 0.15) is 11.3 Å². The highest BCUT2D eigenvalue weighted by Crippen LogP contribution is 2.27. The second kappa shape index (κ2) is 8.06. The Labute approximate surface area is 172 Å². The summed E-state index contributed by atoms with van der Waals surface area (Å²) in [7, 11) is 0. The van der Waals surface area contributed by atoms with E-state index in [1.165, 1.54) is 16.7 Å². The Balaban J connectivity index is 1.50. The lowest BCUT2D eigenvalue weighted by molar-refractivity contribution is 0.461. The van der Waals surface area contributed by atoms with Crippen LogP contribution in [-0.4, -0.2) is 20.9 Å². The average molecular weight is 382 g/mol. The Bertz CT molecular complexity index is 1120. The van der Waals surface area contributed by atoms with Gasteiger partial charge in [0.2, 0.25) is 0 Å². The summed E-state index contributed by atoms with van der Waals surface area (Å²) in [5, 5.41) is 1.07. The lowest BCUT2D eigenvalue weighted by Gasteiger charge is -2.12. The van der Waals surface area contributed by atoms with Crippen molar-refractivity contribution in [1.29, 1.82) is 0 Å². The van der Waals surface area contributed by atoms with Gasteiger partial charge in [-0.05, 0) is 56.2 Å². The number of hydrogen-bond donors (Lipinski definition) is 0. The number of benzene rings is 3. The molecule has 3 nitrogen and oxygen atoms in total. The van der Waals surface area contributed by atoms with E-state index in [1.54, 1.807) is 0 Å². The summed E-state index contributed by atoms with van der Waals surface area (Å²) in [5.74, 6) is 1.58. The molecule has 137 valence electrons. The molecule has 0 atom stereocenters. The van der Waals surface area contributed by atoms with Crippen LogP contribution in [0.3, 0.4) is 0 Å². The minimum Gasteiger partial charge on any atom is -0.616 e. The van der Waals surface area contributed by atoms with Gasteiger partial charge < -0.3 is 7.58 Å². The van der Waals surface area contributed by atoms with Crippen LogP contribution in [0.15, 0.2) is 72.8 Å². The summed E-state index contributed by atoms with van der Waals surface area (Å²) in [4.78, 5) is 4.60. The molecular formula is C24H21AlNO2. The van der Waals surface area contributed by atoms with Gasteiger partial charge in [-0.1, -0.05) is 59.7 Å². The molecule has 0 saturated heterocycles. The van der Waals surface area contributed by atoms with Gasteiger partial charge in [0, 0.05) is 11.1 Å². The highest BCUT2D eigenvalue weighted by atomic mass is 27.2. The van der Waals surface area contributed by atoms with Crippen molar-refractivity contribution in [2.75, 3.05) is 0 Å². The maximum absolute atomic E-state index is 5.96. The van der Waals surface area contributed by atoms with Crippen molar-refractivity contribution in [3.63, 3.8) is 0 Å². The van der Waals surface area contributed by atoms with Crippen LogP contribution < -0.4 is 7.58 Å². The summed E-state index contributed by atoms with van der Waals surface area (Å²) >= 11 is -0.690. The molecule has 0 aliphatic rings. The summed E-state index contributed by atoms with van der Waals surface area (Å²) in [6.45, 7) is 6.22. The zero-order valence-electron chi connectivity index (χ0n) is 16.3. The molecule has 1 radical (unpaired) electrons. The standard InChI is InChI=1S/C14H14O.C10H9NO.Al/c1-10-6-11(2)8-13(7-10)12-4-3-5-14(15)9-12;1-7-5-6-8-3-2-4-9(12)10(8)11-7;/h3-9,15H,1-2H3;2-6,12H,1H3;/q;;+2/p-2. The smallest absolute Gasteiger partial charge is 0.616 e. The lowest BCUT2D eigenvalue weighted by atomic mass is 10.0. The quantitative estimate of drug-likeness (QED) is 0.408. The normalized spacial score (nSPS) is 10.7. The molecule has 4 rings (SSSR count). The van der Waals surface area contributed by atoms with Gasteiger partial charge in [-0.25, -0.2) is 4.98 Å². The van der Waals surface area contributed by atoms with E-state index in [1.807, 2.05) is 43.3 Å². The number of aromatic nitrogens is 1. The summed E-state index contributed by atoms with van der Waals surface area (Å²) < 4.78 is 11.9. The number of para-hydroxylation sites is 1. The van der Waals surface area contributed by atoms with Crippen LogP contribution in [0.2, 0.25) is 0 Å². The first kappa shape index (κ1) is 18.6. The molecule has 4 aromatic rings. The fourth-order valence-electron chi connectivity index (χ4n) is 3.33. The molecule has 1 aromatic heterocycles. The topological polar surface area (TPSA) is 31.4 Å². The van der Waals surface area contributed by atoms with E-state index in [0.29, 0.717) is 0 Å². The number of pyridine rings is 1. The third kappa shape index (κ3) is 4.20. The minimum atomic E-state index is -0.690. The predicted molar refractivity (Wildman–Crippen MR) is 115 cm³/mol. The Morgan fingerprint density at radius 3 is 2.32 bits per heavy atom. The molecule has 0 aliphatic heterocycles. The first-order chi connectivity index (χ1) is 13.6. The fraction of sp³-hybridized carbons (Fsp3) is 0.125. The molecule has 1 heterocycles. The Hall–Kier alpha value is -2.80. The maximum atomic E-state index is 5.96. The van der Waals surface area contributed by atoms with E-state index in [0.717, 1.165) is 33.7 Å². The van der Waals surface area contributed by atoms with E-state index in [4.69, 9.17) is 7.58 Å². The molecular weight excluding hydrogens is 361 g/mol. The average Bonchev–Trinajstić information content (AvgIpc) is 2.68. The van der Waals surface area contributed by atoms with E-state index < -0.39 is 15.9 Å². The van der Waals surface area contributed by atoms with Gasteiger partial charge in [0.25, 0.3) is 0 Å². The summed E-state index contributed by atoms with van der Waals surface area (Å²) in [5.41, 5.74) is 6.71. The number of fused-ring (bicyclic) bond motifs is 1. The second-order valence-corrected chi connectivity index (χ2v) is 7.68. The van der Waals surface area contributed by atoms with Crippen molar-refractivity contribution >= 4 is 26.8 Å². The van der Waals surface area contributed by atoms with E-state index in [9.17, 15) is 0 Å². The van der Waals surface area contributed by atoms with Crippen molar-refractivity contribution < 1.29 is 7.58 Å². The Morgan fingerprint density at radius 1 is 0.714 bits per heavy atom. The monoisotopic (exact) mass is 382 g/mol. The zero-order valence-corrected chi connectivity index (χ0v) is 17.4. The fourth-order valence-corrected chi connectivity index (χ4v) is 3.93. The summed E-state index contributed by atoms with van der Waals surface area (Å²) in [6, 6.07) is 24.8. The molecule has 3 aromatic carbocycles. The molecule has 0 spiro atoms. The number of nitrogens with zero attached hydrogens (tertiary/aromatic N) is 1. The second-order valence-electron chi connectivity index (χ2n) is 7.02. The Kier molecular flexibility index (Phi) is 5.34. The van der Waals surface area contributed by atoms with Crippen LogP contribution in [0.1, 0.15) is 16.8 Å². The molecule has 0 amide bonds. The predicted octanol–water partition coefficient (Wildman–Crippen LogP) is 5.82. The summed E-state index contributed by atoms with van der Waals surface area (Å²) in [6.07, 6.45) is 0. The zero-order chi connectivity index (χ0) is 19.5. The van der Waals surface area contributed by atoms with Crippen LogP contribution in [-0.2, 0) is 0 Å². The molecule has 0 bridgehead atoms. The number of aryl methyl sites for hydroxylation is 3. The first-order valence-corrected chi connectivity index (χ1v) is 10.2. The number of rotatable bonds is 5. The SMILES string of the molecule is Cc1cc(C)cc(-c2cccc([O][Al][O]c3cccc4ccc(C)nc34)c2)c1. The minimum absolute atomic E-state index is 0.690. The highest BCUT2D eigenvalue weighted by molar-refractivity contribution is 6.21. The lowest BCUT2D eigenvalue weighted by Crippen LogP contribution is -2.11. The highest BCUT2D eigenvalue weighted by Gasteiger charge is 2.10. The van der Waals surface area contributed by atoms with Gasteiger partial charge in [-0.3, -0.25) is 0 Å². The van der Waals surface area contributed by atoms with Gasteiger partial charge in [0.05, 0.1) is 5.75 Å². The van der Waals surface area contributed by atoms with Crippen molar-refractivity contribution in [2.45, 2.75) is 20.8 Å². The van der Waals surface area contributed by atoms with Crippen molar-refractivity contribution in [3.8, 4) is 22.6 Å². The van der Waals surface area contributed by atoms with Crippen molar-refractivity contribution in [1.82, 2.24) is 4.98 Å². The third-order valence-corrected chi connectivity index (χ3v) is 5.29. The molecule has 0 fully saturated rings. The van der Waals surface area contributed by atoms with Crippen molar-refractivity contribution in [2.24, 2.45) is 0 Å². The van der Waals surface area contributed by atoms with Crippen LogP contribution >= 0.6 is 0 Å². The van der Waals surface area contributed by atoms with Gasteiger partial charge in [0.15, 0.2) is 0 Å². The van der Waals surface area contributed by atoms with Crippen LogP contribution in [0.4, 0.5) is 0 Å². The van der Waals surface area contributed by atoms with E-state index in [2.05, 4.69) is 55.2 Å². The molecule has 28 heavy (non-hydrogen) atoms. The van der Waals surface area contributed by atoms with Crippen LogP contribution in [0.5, 0.6) is 11.5 Å². The molecule has 0 saturated carbocycles. The van der Waals surface area contributed by atoms with Gasteiger partial charge in [-0.15, -0.1) is 0 Å². The van der Waals surface area contributed by atoms with E-state index in [-0.39, 0.29) is 0 Å². The maximum Gasteiger partial charge on any atom is 0.881 e. The molecule has 0 aliphatic carbocycles. The van der Waals surface area contributed by atoms with Gasteiger partial charge in [-0.2, -0.15) is 0 Å². The van der Waals surface area contributed by atoms with Gasteiger partial charge >= 0.3 is 15.9 Å².